The van der Waals surface area contributed by atoms with Crippen LogP contribution in [0.4, 0.5) is 0 Å². The van der Waals surface area contributed by atoms with E-state index in [2.05, 4.69) is 15.0 Å². The number of hydrogen-bond acceptors (Lipinski definition) is 4. The van der Waals surface area contributed by atoms with Crippen LogP contribution in [0.5, 0.6) is 0 Å². The summed E-state index contributed by atoms with van der Waals surface area (Å²) in [5, 5.41) is 0.558. The van der Waals surface area contributed by atoms with Gasteiger partial charge in [0.15, 0.2) is 5.82 Å². The summed E-state index contributed by atoms with van der Waals surface area (Å²) in [5.41, 5.74) is 9.17. The molecule has 0 fully saturated rings. The average molecular weight is 263 g/mol. The lowest BCUT2D eigenvalue weighted by Crippen LogP contribution is -2.09. The number of nitrogens with zero attached hydrogens (tertiary/aromatic N) is 3. The second-order valence-electron chi connectivity index (χ2n) is 4.07. The van der Waals surface area contributed by atoms with Crippen LogP contribution in [0.1, 0.15) is 17.0 Å². The van der Waals surface area contributed by atoms with Crippen molar-refractivity contribution in [1.82, 2.24) is 15.0 Å². The van der Waals surface area contributed by atoms with Crippen LogP contribution in [0, 0.1) is 13.8 Å². The van der Waals surface area contributed by atoms with Gasteiger partial charge in [0.1, 0.15) is 5.69 Å². The van der Waals surface area contributed by atoms with E-state index in [9.17, 15) is 0 Å². The first-order valence-corrected chi connectivity index (χ1v) is 6.16. The van der Waals surface area contributed by atoms with Crippen LogP contribution in [0.15, 0.2) is 18.3 Å². The van der Waals surface area contributed by atoms with Crippen LogP contribution in [-0.4, -0.2) is 21.5 Å². The SMILES string of the molecule is Cc1nc(-c2ncccc2Cl)nc(C)c1CCN. The number of hydrogen-bond donors (Lipinski definition) is 1. The molecule has 0 amide bonds. The molecule has 0 aromatic carbocycles. The standard InChI is InChI=1S/C13H15ClN4/c1-8-10(5-6-15)9(2)18-13(17-8)12-11(14)4-3-7-16-12/h3-4,7H,5-6,15H2,1-2H3. The number of rotatable bonds is 3. The summed E-state index contributed by atoms with van der Waals surface area (Å²) in [4.78, 5) is 13.2. The molecule has 0 unspecified atom stereocenters. The average Bonchev–Trinajstić information content (AvgIpc) is 2.34. The summed E-state index contributed by atoms with van der Waals surface area (Å²) in [6.45, 7) is 4.51. The van der Waals surface area contributed by atoms with Crippen LogP contribution in [0.3, 0.4) is 0 Å². The number of aromatic nitrogens is 3. The molecule has 2 rings (SSSR count). The molecule has 0 saturated carbocycles. The Morgan fingerprint density at radius 3 is 2.44 bits per heavy atom. The Bertz CT molecular complexity index is 546. The Labute approximate surface area is 111 Å². The van der Waals surface area contributed by atoms with Gasteiger partial charge in [0.05, 0.1) is 5.02 Å². The lowest BCUT2D eigenvalue weighted by Gasteiger charge is -2.10. The van der Waals surface area contributed by atoms with Crippen molar-refractivity contribution in [2.24, 2.45) is 5.73 Å². The van der Waals surface area contributed by atoms with Gasteiger partial charge in [0, 0.05) is 17.6 Å². The quantitative estimate of drug-likeness (QED) is 0.922. The smallest absolute Gasteiger partial charge is 0.180 e. The van der Waals surface area contributed by atoms with Gasteiger partial charge in [-0.2, -0.15) is 0 Å². The van der Waals surface area contributed by atoms with E-state index in [1.54, 1.807) is 18.3 Å². The highest BCUT2D eigenvalue weighted by molar-refractivity contribution is 6.32. The molecule has 18 heavy (non-hydrogen) atoms. The summed E-state index contributed by atoms with van der Waals surface area (Å²) in [7, 11) is 0. The molecule has 0 radical (unpaired) electrons. The third-order valence-corrected chi connectivity index (χ3v) is 3.09. The fourth-order valence-electron chi connectivity index (χ4n) is 1.90. The van der Waals surface area contributed by atoms with Crippen molar-refractivity contribution in [2.75, 3.05) is 6.54 Å². The second kappa shape index (κ2) is 5.42. The van der Waals surface area contributed by atoms with Crippen molar-refractivity contribution >= 4 is 11.6 Å². The van der Waals surface area contributed by atoms with Crippen LogP contribution in [-0.2, 0) is 6.42 Å². The Kier molecular flexibility index (Phi) is 3.89. The summed E-state index contributed by atoms with van der Waals surface area (Å²) < 4.78 is 0. The van der Waals surface area contributed by atoms with Crippen molar-refractivity contribution in [2.45, 2.75) is 20.3 Å². The molecule has 0 aliphatic rings. The minimum Gasteiger partial charge on any atom is -0.330 e. The maximum atomic E-state index is 6.10. The van der Waals surface area contributed by atoms with Gasteiger partial charge in [-0.1, -0.05) is 11.6 Å². The van der Waals surface area contributed by atoms with Crippen molar-refractivity contribution in [3.63, 3.8) is 0 Å². The van der Waals surface area contributed by atoms with Gasteiger partial charge in [0.25, 0.3) is 0 Å². The van der Waals surface area contributed by atoms with Crippen molar-refractivity contribution in [3.05, 3.63) is 40.3 Å². The molecule has 2 N–H and O–H groups in total. The van der Waals surface area contributed by atoms with Crippen LogP contribution in [0.25, 0.3) is 11.5 Å². The number of pyridine rings is 1. The summed E-state index contributed by atoms with van der Waals surface area (Å²) in [6, 6.07) is 3.57. The van der Waals surface area contributed by atoms with Gasteiger partial charge in [-0.25, -0.2) is 9.97 Å². The van der Waals surface area contributed by atoms with Crippen molar-refractivity contribution < 1.29 is 0 Å². The highest BCUT2D eigenvalue weighted by Crippen LogP contribution is 2.23. The van der Waals surface area contributed by atoms with E-state index in [4.69, 9.17) is 17.3 Å². The second-order valence-corrected chi connectivity index (χ2v) is 4.48. The van der Waals surface area contributed by atoms with Crippen LogP contribution < -0.4 is 5.73 Å². The number of halogens is 1. The van der Waals surface area contributed by atoms with E-state index in [-0.39, 0.29) is 0 Å². The zero-order chi connectivity index (χ0) is 13.1. The minimum absolute atomic E-state index is 0.558. The first-order chi connectivity index (χ1) is 8.63. The maximum Gasteiger partial charge on any atom is 0.180 e. The van der Waals surface area contributed by atoms with Crippen LogP contribution >= 0.6 is 11.6 Å². The Morgan fingerprint density at radius 1 is 1.22 bits per heavy atom. The fraction of sp³-hybridized carbons (Fsp3) is 0.308. The molecule has 5 heteroatoms. The normalized spacial score (nSPS) is 10.7. The van der Waals surface area contributed by atoms with Gasteiger partial charge in [-0.3, -0.25) is 4.98 Å². The zero-order valence-electron chi connectivity index (χ0n) is 10.4. The lowest BCUT2D eigenvalue weighted by molar-refractivity contribution is 0.896. The van der Waals surface area contributed by atoms with E-state index < -0.39 is 0 Å². The fourth-order valence-corrected chi connectivity index (χ4v) is 2.11. The van der Waals surface area contributed by atoms with E-state index in [1.165, 1.54) is 0 Å². The molecule has 0 bridgehead atoms. The van der Waals surface area contributed by atoms with E-state index in [0.717, 1.165) is 23.4 Å². The molecule has 0 spiro atoms. The topological polar surface area (TPSA) is 64.7 Å². The van der Waals surface area contributed by atoms with E-state index in [1.807, 2.05) is 13.8 Å². The Hall–Kier alpha value is -1.52. The highest BCUT2D eigenvalue weighted by atomic mass is 35.5. The Balaban J connectivity index is 2.52. The molecule has 0 aliphatic carbocycles. The number of aryl methyl sites for hydroxylation is 2. The predicted octanol–water partition coefficient (Wildman–Crippen LogP) is 2.31. The largest absolute Gasteiger partial charge is 0.330 e. The molecule has 0 aliphatic heterocycles. The van der Waals surface area contributed by atoms with Crippen molar-refractivity contribution in [3.8, 4) is 11.5 Å². The van der Waals surface area contributed by atoms with Crippen molar-refractivity contribution in [1.29, 1.82) is 0 Å². The molecule has 4 nitrogen and oxygen atoms in total. The Morgan fingerprint density at radius 2 is 1.89 bits per heavy atom. The lowest BCUT2D eigenvalue weighted by atomic mass is 10.1. The maximum absolute atomic E-state index is 6.10. The summed E-state index contributed by atoms with van der Waals surface area (Å²) in [5.74, 6) is 0.566. The molecular weight excluding hydrogens is 248 g/mol. The molecule has 2 heterocycles. The molecule has 94 valence electrons. The zero-order valence-corrected chi connectivity index (χ0v) is 11.2. The molecule has 0 atom stereocenters. The van der Waals surface area contributed by atoms with E-state index >= 15 is 0 Å². The molecule has 2 aromatic heterocycles. The third-order valence-electron chi connectivity index (χ3n) is 2.79. The molecule has 0 saturated heterocycles. The van der Waals surface area contributed by atoms with Gasteiger partial charge in [0.2, 0.25) is 0 Å². The molecular formula is C13H15ClN4. The van der Waals surface area contributed by atoms with E-state index in [0.29, 0.717) is 23.1 Å². The summed E-state index contributed by atoms with van der Waals surface area (Å²) >= 11 is 6.10. The van der Waals surface area contributed by atoms with Gasteiger partial charge < -0.3 is 5.73 Å². The first kappa shape index (κ1) is 12.9. The predicted molar refractivity (Wildman–Crippen MR) is 72.5 cm³/mol. The molecule has 2 aromatic rings. The third kappa shape index (κ3) is 2.49. The number of nitrogens with two attached hydrogens (primary N) is 1. The van der Waals surface area contributed by atoms with Gasteiger partial charge in [-0.05, 0) is 44.5 Å². The highest BCUT2D eigenvalue weighted by Gasteiger charge is 2.12. The van der Waals surface area contributed by atoms with Gasteiger partial charge in [-0.15, -0.1) is 0 Å². The monoisotopic (exact) mass is 262 g/mol. The summed E-state index contributed by atoms with van der Waals surface area (Å²) in [6.07, 6.45) is 2.47. The first-order valence-electron chi connectivity index (χ1n) is 5.78. The van der Waals surface area contributed by atoms with Crippen LogP contribution in [0.2, 0.25) is 5.02 Å². The minimum atomic E-state index is 0.558. The van der Waals surface area contributed by atoms with Gasteiger partial charge >= 0.3 is 0 Å².